The minimum Gasteiger partial charge on any atom is -0.236 e. The van der Waals surface area contributed by atoms with Crippen LogP contribution in [0.2, 0.25) is 5.02 Å². The molecule has 0 unspecified atom stereocenters. The molecule has 0 spiro atoms. The Bertz CT molecular complexity index is 518. The number of halogens is 2. The summed E-state index contributed by atoms with van der Waals surface area (Å²) in [4.78, 5) is 0. The van der Waals surface area contributed by atoms with Crippen molar-refractivity contribution < 1.29 is 0 Å². The van der Waals surface area contributed by atoms with Crippen LogP contribution in [0.1, 0.15) is 17.0 Å². The third kappa shape index (κ3) is 1.95. The molecule has 4 heteroatoms. The summed E-state index contributed by atoms with van der Waals surface area (Å²) in [7, 11) is 0. The standard InChI is InChI=1S/C12H12Cl2N2/c1-8-12(14)9(2)16(15-8)11-5-3-4-10(6-11)7-13/h3-6H,7H2,1-2H3. The van der Waals surface area contributed by atoms with Gasteiger partial charge in [0.05, 0.1) is 22.1 Å². The van der Waals surface area contributed by atoms with Crippen LogP contribution < -0.4 is 0 Å². The summed E-state index contributed by atoms with van der Waals surface area (Å²) in [6.45, 7) is 3.85. The number of rotatable bonds is 2. The molecule has 0 aliphatic rings. The Morgan fingerprint density at radius 2 is 2.06 bits per heavy atom. The second kappa shape index (κ2) is 4.48. The number of hydrogen-bond acceptors (Lipinski definition) is 1. The number of hydrogen-bond donors (Lipinski definition) is 0. The van der Waals surface area contributed by atoms with Gasteiger partial charge in [-0.2, -0.15) is 5.10 Å². The minimum atomic E-state index is 0.501. The van der Waals surface area contributed by atoms with Gasteiger partial charge >= 0.3 is 0 Å². The van der Waals surface area contributed by atoms with Crippen LogP contribution in [0.4, 0.5) is 0 Å². The molecule has 0 bridgehead atoms. The highest BCUT2D eigenvalue weighted by Gasteiger charge is 2.10. The van der Waals surface area contributed by atoms with Crippen LogP contribution in [0.25, 0.3) is 5.69 Å². The normalized spacial score (nSPS) is 10.8. The third-order valence-corrected chi connectivity index (χ3v) is 3.37. The second-order valence-corrected chi connectivity index (χ2v) is 4.35. The molecule has 0 atom stereocenters. The Kier molecular flexibility index (Phi) is 3.22. The highest BCUT2D eigenvalue weighted by molar-refractivity contribution is 6.31. The van der Waals surface area contributed by atoms with Crippen LogP contribution in [0, 0.1) is 13.8 Å². The molecule has 2 nitrogen and oxygen atoms in total. The molecule has 1 aromatic heterocycles. The lowest BCUT2D eigenvalue weighted by Gasteiger charge is -2.05. The molecule has 1 heterocycles. The minimum absolute atomic E-state index is 0.501. The van der Waals surface area contributed by atoms with Gasteiger partial charge in [0.1, 0.15) is 0 Å². The summed E-state index contributed by atoms with van der Waals surface area (Å²) in [6, 6.07) is 7.97. The van der Waals surface area contributed by atoms with Gasteiger partial charge < -0.3 is 0 Å². The van der Waals surface area contributed by atoms with Crippen LogP contribution >= 0.6 is 23.2 Å². The Morgan fingerprint density at radius 3 is 2.62 bits per heavy atom. The molecule has 84 valence electrons. The van der Waals surface area contributed by atoms with Crippen molar-refractivity contribution in [3.63, 3.8) is 0 Å². The summed E-state index contributed by atoms with van der Waals surface area (Å²) in [5.74, 6) is 0.501. The van der Waals surface area contributed by atoms with Crippen molar-refractivity contribution in [3.05, 3.63) is 46.2 Å². The molecule has 0 aliphatic carbocycles. The molecular weight excluding hydrogens is 243 g/mol. The number of alkyl halides is 1. The van der Waals surface area contributed by atoms with Gasteiger partial charge in [-0.3, -0.25) is 0 Å². The second-order valence-electron chi connectivity index (χ2n) is 3.70. The van der Waals surface area contributed by atoms with Gasteiger partial charge in [0.25, 0.3) is 0 Å². The van der Waals surface area contributed by atoms with Crippen molar-refractivity contribution in [3.8, 4) is 5.69 Å². The first-order valence-electron chi connectivity index (χ1n) is 5.00. The van der Waals surface area contributed by atoms with E-state index in [1.165, 1.54) is 0 Å². The van der Waals surface area contributed by atoms with E-state index in [1.807, 2.05) is 42.8 Å². The lowest BCUT2D eigenvalue weighted by molar-refractivity contribution is 0.832. The van der Waals surface area contributed by atoms with Crippen molar-refractivity contribution in [2.24, 2.45) is 0 Å². The van der Waals surface area contributed by atoms with Gasteiger partial charge in [-0.15, -0.1) is 11.6 Å². The molecular formula is C12H12Cl2N2. The van der Waals surface area contributed by atoms with Crippen LogP contribution in [0.15, 0.2) is 24.3 Å². The highest BCUT2D eigenvalue weighted by Crippen LogP contribution is 2.22. The van der Waals surface area contributed by atoms with E-state index in [2.05, 4.69) is 5.10 Å². The molecule has 0 saturated heterocycles. The topological polar surface area (TPSA) is 17.8 Å². The Balaban J connectivity index is 2.54. The smallest absolute Gasteiger partial charge is 0.0848 e. The number of nitrogens with zero attached hydrogens (tertiary/aromatic N) is 2. The molecule has 0 N–H and O–H groups in total. The predicted octanol–water partition coefficient (Wildman–Crippen LogP) is 3.88. The van der Waals surface area contributed by atoms with E-state index in [4.69, 9.17) is 23.2 Å². The number of aryl methyl sites for hydroxylation is 1. The maximum atomic E-state index is 6.11. The first-order chi connectivity index (χ1) is 7.63. The molecule has 1 aromatic carbocycles. The van der Waals surface area contributed by atoms with Crippen molar-refractivity contribution >= 4 is 23.2 Å². The molecule has 16 heavy (non-hydrogen) atoms. The number of benzene rings is 1. The average molecular weight is 255 g/mol. The molecule has 0 aliphatic heterocycles. The molecule has 2 rings (SSSR count). The zero-order valence-electron chi connectivity index (χ0n) is 9.17. The summed E-state index contributed by atoms with van der Waals surface area (Å²) >= 11 is 11.9. The van der Waals surface area contributed by atoms with E-state index < -0.39 is 0 Å². The molecule has 2 aromatic rings. The molecule has 0 radical (unpaired) electrons. The van der Waals surface area contributed by atoms with E-state index in [-0.39, 0.29) is 0 Å². The first kappa shape index (κ1) is 11.5. The zero-order valence-corrected chi connectivity index (χ0v) is 10.7. The van der Waals surface area contributed by atoms with Gasteiger partial charge in [0.15, 0.2) is 0 Å². The van der Waals surface area contributed by atoms with Gasteiger partial charge in [-0.05, 0) is 31.5 Å². The Labute approximate surface area is 105 Å². The van der Waals surface area contributed by atoms with Crippen LogP contribution in [0.3, 0.4) is 0 Å². The third-order valence-electron chi connectivity index (χ3n) is 2.51. The van der Waals surface area contributed by atoms with E-state index in [9.17, 15) is 0 Å². The first-order valence-corrected chi connectivity index (χ1v) is 5.91. The van der Waals surface area contributed by atoms with E-state index in [0.717, 1.165) is 27.7 Å². The molecule has 0 fully saturated rings. The van der Waals surface area contributed by atoms with Crippen LogP contribution in [0.5, 0.6) is 0 Å². The van der Waals surface area contributed by atoms with Gasteiger partial charge in [0, 0.05) is 5.88 Å². The SMILES string of the molecule is Cc1nn(-c2cccc(CCl)c2)c(C)c1Cl. The van der Waals surface area contributed by atoms with Gasteiger partial charge in [-0.25, -0.2) is 4.68 Å². The quantitative estimate of drug-likeness (QED) is 0.744. The monoisotopic (exact) mass is 254 g/mol. The van der Waals surface area contributed by atoms with Crippen molar-refractivity contribution in [1.29, 1.82) is 0 Å². The van der Waals surface area contributed by atoms with E-state index in [0.29, 0.717) is 5.88 Å². The lowest BCUT2D eigenvalue weighted by atomic mass is 10.2. The lowest BCUT2D eigenvalue weighted by Crippen LogP contribution is -1.99. The fourth-order valence-electron chi connectivity index (χ4n) is 1.65. The molecule has 0 saturated carbocycles. The van der Waals surface area contributed by atoms with E-state index in [1.54, 1.807) is 0 Å². The summed E-state index contributed by atoms with van der Waals surface area (Å²) in [6.07, 6.45) is 0. The predicted molar refractivity (Wildman–Crippen MR) is 67.6 cm³/mol. The average Bonchev–Trinajstić information content (AvgIpc) is 2.57. The van der Waals surface area contributed by atoms with Gasteiger partial charge in [0.2, 0.25) is 0 Å². The fourth-order valence-corrected chi connectivity index (χ4v) is 1.93. The van der Waals surface area contributed by atoms with Crippen LogP contribution in [-0.4, -0.2) is 9.78 Å². The van der Waals surface area contributed by atoms with Crippen molar-refractivity contribution in [1.82, 2.24) is 9.78 Å². The highest BCUT2D eigenvalue weighted by atomic mass is 35.5. The summed E-state index contributed by atoms with van der Waals surface area (Å²) in [5.41, 5.74) is 3.86. The van der Waals surface area contributed by atoms with Crippen molar-refractivity contribution in [2.75, 3.05) is 0 Å². The summed E-state index contributed by atoms with van der Waals surface area (Å²) < 4.78 is 1.84. The fraction of sp³-hybridized carbons (Fsp3) is 0.250. The number of aromatic nitrogens is 2. The Morgan fingerprint density at radius 1 is 1.31 bits per heavy atom. The maximum absolute atomic E-state index is 6.11. The molecule has 0 amide bonds. The van der Waals surface area contributed by atoms with Gasteiger partial charge in [-0.1, -0.05) is 23.7 Å². The van der Waals surface area contributed by atoms with E-state index >= 15 is 0 Å². The summed E-state index contributed by atoms with van der Waals surface area (Å²) in [5, 5.41) is 5.12. The maximum Gasteiger partial charge on any atom is 0.0848 e. The largest absolute Gasteiger partial charge is 0.236 e. The Hall–Kier alpha value is -0.990. The van der Waals surface area contributed by atoms with Crippen LogP contribution in [-0.2, 0) is 5.88 Å². The van der Waals surface area contributed by atoms with Crippen molar-refractivity contribution in [2.45, 2.75) is 19.7 Å². The zero-order chi connectivity index (χ0) is 11.7.